The summed E-state index contributed by atoms with van der Waals surface area (Å²) in [5.74, 6) is -0.310. The minimum absolute atomic E-state index is 0.194. The van der Waals surface area contributed by atoms with E-state index in [4.69, 9.17) is 9.47 Å². The monoisotopic (exact) mass is 455 g/mol. The van der Waals surface area contributed by atoms with Crippen molar-refractivity contribution in [3.8, 4) is 16.9 Å². The third-order valence-electron chi connectivity index (χ3n) is 4.91. The van der Waals surface area contributed by atoms with Gasteiger partial charge in [0.05, 0.1) is 6.61 Å². The third kappa shape index (κ3) is 5.53. The van der Waals surface area contributed by atoms with Crippen LogP contribution >= 0.6 is 11.3 Å². The van der Waals surface area contributed by atoms with E-state index in [2.05, 4.69) is 19.2 Å². The first-order valence-corrected chi connectivity index (χ1v) is 11.3. The Bertz CT molecular complexity index is 1110. The Morgan fingerprint density at radius 3 is 2.47 bits per heavy atom. The molecule has 168 valence electrons. The molecule has 1 amide bonds. The van der Waals surface area contributed by atoms with Crippen LogP contribution in [0.25, 0.3) is 11.1 Å². The number of ether oxygens (including phenoxy) is 2. The molecular weight excluding hydrogens is 429 g/mol. The fourth-order valence-electron chi connectivity index (χ4n) is 3.40. The molecule has 0 saturated carbocycles. The number of thiophene rings is 1. The van der Waals surface area contributed by atoms with Crippen molar-refractivity contribution in [2.75, 3.05) is 18.5 Å². The van der Waals surface area contributed by atoms with Crippen LogP contribution < -0.4 is 10.1 Å². The van der Waals surface area contributed by atoms with Gasteiger partial charge in [-0.25, -0.2) is 9.18 Å². The standard InChI is InChI=1S/C25H26FNO4S/c1-5-30-25(29)23-21(17-6-8-18(26)9-7-17)14-32-24(23)27-22(28)13-31-19-10-11-20(15(2)3)16(4)12-19/h6-12,14-15H,5,13H2,1-4H3,(H,27,28). The van der Waals surface area contributed by atoms with Crippen molar-refractivity contribution in [2.45, 2.75) is 33.6 Å². The van der Waals surface area contributed by atoms with Crippen LogP contribution in [0.4, 0.5) is 9.39 Å². The Morgan fingerprint density at radius 2 is 1.84 bits per heavy atom. The number of rotatable bonds is 8. The number of amides is 1. The van der Waals surface area contributed by atoms with Gasteiger partial charge in [-0.1, -0.05) is 32.0 Å². The van der Waals surface area contributed by atoms with Crippen LogP contribution in [0.2, 0.25) is 0 Å². The molecule has 0 aliphatic carbocycles. The molecule has 0 aliphatic heterocycles. The van der Waals surface area contributed by atoms with Gasteiger partial charge in [-0.15, -0.1) is 11.3 Å². The molecular formula is C25H26FNO4S. The average Bonchev–Trinajstić information content (AvgIpc) is 3.16. The second kappa shape index (κ2) is 10.4. The summed E-state index contributed by atoms with van der Waals surface area (Å²) >= 11 is 1.20. The first kappa shape index (κ1) is 23.5. The summed E-state index contributed by atoms with van der Waals surface area (Å²) in [5.41, 5.74) is 3.80. The Morgan fingerprint density at radius 1 is 1.12 bits per heavy atom. The van der Waals surface area contributed by atoms with Gasteiger partial charge >= 0.3 is 5.97 Å². The lowest BCUT2D eigenvalue weighted by atomic mass is 9.98. The maximum Gasteiger partial charge on any atom is 0.341 e. The molecule has 0 spiro atoms. The van der Waals surface area contributed by atoms with Crippen molar-refractivity contribution < 1.29 is 23.5 Å². The van der Waals surface area contributed by atoms with E-state index >= 15 is 0 Å². The minimum atomic E-state index is -0.552. The summed E-state index contributed by atoms with van der Waals surface area (Å²) < 4.78 is 24.1. The van der Waals surface area contributed by atoms with Crippen LogP contribution in [0, 0.1) is 12.7 Å². The number of anilines is 1. The molecule has 0 aliphatic rings. The van der Waals surface area contributed by atoms with Crippen molar-refractivity contribution in [1.29, 1.82) is 0 Å². The molecule has 0 fully saturated rings. The molecule has 7 heteroatoms. The molecule has 32 heavy (non-hydrogen) atoms. The molecule has 1 N–H and O–H groups in total. The van der Waals surface area contributed by atoms with Crippen LogP contribution in [0.5, 0.6) is 5.75 Å². The first-order valence-electron chi connectivity index (χ1n) is 10.4. The smallest absolute Gasteiger partial charge is 0.341 e. The van der Waals surface area contributed by atoms with E-state index in [1.165, 1.54) is 29.0 Å². The fourth-order valence-corrected chi connectivity index (χ4v) is 4.37. The topological polar surface area (TPSA) is 64.6 Å². The second-order valence-electron chi connectivity index (χ2n) is 7.59. The Hall–Kier alpha value is -3.19. The highest BCUT2D eigenvalue weighted by Gasteiger charge is 2.23. The fraction of sp³-hybridized carbons (Fsp3) is 0.280. The molecule has 3 rings (SSSR count). The van der Waals surface area contributed by atoms with Gasteiger partial charge in [0.2, 0.25) is 0 Å². The number of carbonyl (C=O) groups is 2. The Labute approximate surface area is 191 Å². The number of esters is 1. The van der Waals surface area contributed by atoms with Gasteiger partial charge < -0.3 is 14.8 Å². The zero-order chi connectivity index (χ0) is 23.3. The van der Waals surface area contributed by atoms with Gasteiger partial charge in [-0.05, 0) is 60.7 Å². The Kier molecular flexibility index (Phi) is 7.64. The van der Waals surface area contributed by atoms with E-state index in [-0.39, 0.29) is 24.6 Å². The molecule has 0 unspecified atom stereocenters. The predicted molar refractivity (Wildman–Crippen MR) is 125 cm³/mol. The average molecular weight is 456 g/mol. The second-order valence-corrected chi connectivity index (χ2v) is 8.47. The van der Waals surface area contributed by atoms with E-state index in [0.29, 0.717) is 27.8 Å². The van der Waals surface area contributed by atoms with E-state index in [1.807, 2.05) is 25.1 Å². The van der Waals surface area contributed by atoms with Crippen molar-refractivity contribution in [1.82, 2.24) is 0 Å². The van der Waals surface area contributed by atoms with Gasteiger partial charge in [-0.2, -0.15) is 0 Å². The van der Waals surface area contributed by atoms with Crippen LogP contribution in [-0.2, 0) is 9.53 Å². The normalized spacial score (nSPS) is 10.8. The number of hydrogen-bond acceptors (Lipinski definition) is 5. The van der Waals surface area contributed by atoms with E-state index in [0.717, 1.165) is 5.56 Å². The molecule has 5 nitrogen and oxygen atoms in total. The molecule has 3 aromatic rings. The SMILES string of the molecule is CCOC(=O)c1c(-c2ccc(F)cc2)csc1NC(=O)COc1ccc(C(C)C)c(C)c1. The van der Waals surface area contributed by atoms with Crippen molar-refractivity contribution in [2.24, 2.45) is 0 Å². The highest BCUT2D eigenvalue weighted by atomic mass is 32.1. The van der Waals surface area contributed by atoms with Crippen molar-refractivity contribution in [3.63, 3.8) is 0 Å². The zero-order valence-electron chi connectivity index (χ0n) is 18.5. The highest BCUT2D eigenvalue weighted by molar-refractivity contribution is 7.15. The summed E-state index contributed by atoms with van der Waals surface area (Å²) in [6, 6.07) is 11.6. The van der Waals surface area contributed by atoms with E-state index < -0.39 is 11.9 Å². The molecule has 0 bridgehead atoms. The van der Waals surface area contributed by atoms with E-state index in [9.17, 15) is 14.0 Å². The summed E-state index contributed by atoms with van der Waals surface area (Å²) in [4.78, 5) is 25.1. The molecule has 1 heterocycles. The zero-order valence-corrected chi connectivity index (χ0v) is 19.3. The number of carbonyl (C=O) groups excluding carboxylic acids is 2. The summed E-state index contributed by atoms with van der Waals surface area (Å²) in [6.45, 7) is 7.96. The number of halogens is 1. The molecule has 2 aromatic carbocycles. The quantitative estimate of drug-likeness (QED) is 0.412. The third-order valence-corrected chi connectivity index (χ3v) is 5.81. The van der Waals surface area contributed by atoms with Gasteiger partial charge in [-0.3, -0.25) is 4.79 Å². The Balaban J connectivity index is 1.76. The lowest BCUT2D eigenvalue weighted by molar-refractivity contribution is -0.118. The van der Waals surface area contributed by atoms with Crippen LogP contribution in [0.3, 0.4) is 0 Å². The molecule has 0 radical (unpaired) electrons. The number of aryl methyl sites for hydroxylation is 1. The van der Waals surface area contributed by atoms with Crippen molar-refractivity contribution in [3.05, 3.63) is 70.4 Å². The minimum Gasteiger partial charge on any atom is -0.484 e. The van der Waals surface area contributed by atoms with Crippen molar-refractivity contribution >= 4 is 28.2 Å². The molecule has 1 aromatic heterocycles. The summed E-state index contributed by atoms with van der Waals surface area (Å²) in [5, 5.41) is 4.85. The van der Waals surface area contributed by atoms with Gasteiger partial charge in [0.15, 0.2) is 6.61 Å². The van der Waals surface area contributed by atoms with E-state index in [1.54, 1.807) is 24.4 Å². The number of benzene rings is 2. The summed E-state index contributed by atoms with van der Waals surface area (Å²) in [6.07, 6.45) is 0. The molecule has 0 saturated heterocycles. The number of hydrogen-bond donors (Lipinski definition) is 1. The maximum atomic E-state index is 13.3. The van der Waals surface area contributed by atoms with Gasteiger partial charge in [0, 0.05) is 10.9 Å². The van der Waals surface area contributed by atoms with Crippen LogP contribution in [0.15, 0.2) is 47.8 Å². The molecule has 0 atom stereocenters. The first-order chi connectivity index (χ1) is 15.3. The summed E-state index contributed by atoms with van der Waals surface area (Å²) in [7, 11) is 0. The maximum absolute atomic E-state index is 13.3. The lowest BCUT2D eigenvalue weighted by Gasteiger charge is -2.13. The van der Waals surface area contributed by atoms with Crippen LogP contribution in [0.1, 0.15) is 48.2 Å². The largest absolute Gasteiger partial charge is 0.484 e. The predicted octanol–water partition coefficient (Wildman–Crippen LogP) is 6.18. The number of nitrogens with one attached hydrogen (secondary N) is 1. The van der Waals surface area contributed by atoms with Gasteiger partial charge in [0.25, 0.3) is 5.91 Å². The van der Waals surface area contributed by atoms with Crippen LogP contribution in [-0.4, -0.2) is 25.1 Å². The van der Waals surface area contributed by atoms with Gasteiger partial charge in [0.1, 0.15) is 22.1 Å². The lowest BCUT2D eigenvalue weighted by Crippen LogP contribution is -2.21. The highest BCUT2D eigenvalue weighted by Crippen LogP contribution is 2.36.